The van der Waals surface area contributed by atoms with Crippen LogP contribution >= 0.6 is 0 Å². The van der Waals surface area contributed by atoms with E-state index in [1.807, 2.05) is 6.07 Å². The number of fused-ring (bicyclic) bond motifs is 1. The number of hydrogen-bond acceptors (Lipinski definition) is 6. The van der Waals surface area contributed by atoms with Crippen molar-refractivity contribution in [2.45, 2.75) is 12.8 Å². The van der Waals surface area contributed by atoms with Crippen molar-refractivity contribution in [3.05, 3.63) is 12.4 Å². The number of hydrogen-bond donors (Lipinski definition) is 2. The van der Waals surface area contributed by atoms with Crippen molar-refractivity contribution in [3.63, 3.8) is 0 Å². The van der Waals surface area contributed by atoms with Gasteiger partial charge in [-0.15, -0.1) is 0 Å². The number of hydrazine groups is 1. The first-order chi connectivity index (χ1) is 7.88. The summed E-state index contributed by atoms with van der Waals surface area (Å²) in [6.45, 7) is 2.09. The number of nitrogens with zero attached hydrogens (tertiary/aromatic N) is 5. The Labute approximate surface area is 92.3 Å². The monoisotopic (exact) mass is 219 g/mol. The summed E-state index contributed by atoms with van der Waals surface area (Å²) in [6.07, 6.45) is 3.93. The zero-order valence-electron chi connectivity index (χ0n) is 8.80. The van der Waals surface area contributed by atoms with Crippen LogP contribution in [0.25, 0.3) is 5.78 Å². The lowest BCUT2D eigenvalue weighted by Gasteiger charge is -2.18. The summed E-state index contributed by atoms with van der Waals surface area (Å²) in [7, 11) is 0. The minimum Gasteiger partial charge on any atom is -0.356 e. The molecule has 0 aromatic carbocycles. The van der Waals surface area contributed by atoms with E-state index in [2.05, 4.69) is 25.4 Å². The molecule has 0 bridgehead atoms. The Bertz CT molecular complexity index is 500. The van der Waals surface area contributed by atoms with Crippen molar-refractivity contribution in [2.75, 3.05) is 23.4 Å². The highest BCUT2D eigenvalue weighted by molar-refractivity contribution is 5.55. The zero-order chi connectivity index (χ0) is 11.0. The molecule has 3 rings (SSSR count). The van der Waals surface area contributed by atoms with E-state index in [1.54, 1.807) is 4.52 Å². The molecule has 16 heavy (non-hydrogen) atoms. The molecule has 3 N–H and O–H groups in total. The Morgan fingerprint density at radius 3 is 2.88 bits per heavy atom. The zero-order valence-corrected chi connectivity index (χ0v) is 8.80. The maximum absolute atomic E-state index is 5.39. The summed E-state index contributed by atoms with van der Waals surface area (Å²) < 4.78 is 1.74. The second kappa shape index (κ2) is 3.60. The third kappa shape index (κ3) is 1.36. The number of anilines is 2. The number of nitrogens with two attached hydrogens (primary N) is 1. The third-order valence-corrected chi connectivity index (χ3v) is 2.81. The van der Waals surface area contributed by atoms with E-state index in [-0.39, 0.29) is 0 Å². The van der Waals surface area contributed by atoms with Crippen molar-refractivity contribution >= 4 is 17.4 Å². The van der Waals surface area contributed by atoms with Crippen LogP contribution in [0.4, 0.5) is 11.6 Å². The van der Waals surface area contributed by atoms with Crippen LogP contribution in [0, 0.1) is 0 Å². The van der Waals surface area contributed by atoms with Gasteiger partial charge in [0.05, 0.1) is 0 Å². The fourth-order valence-corrected chi connectivity index (χ4v) is 2.04. The molecule has 84 valence electrons. The lowest BCUT2D eigenvalue weighted by Crippen LogP contribution is -2.22. The summed E-state index contributed by atoms with van der Waals surface area (Å²) in [5.41, 5.74) is 2.55. The van der Waals surface area contributed by atoms with E-state index in [9.17, 15) is 0 Å². The molecule has 1 fully saturated rings. The van der Waals surface area contributed by atoms with Crippen molar-refractivity contribution in [1.29, 1.82) is 0 Å². The maximum Gasteiger partial charge on any atom is 0.256 e. The van der Waals surface area contributed by atoms with E-state index in [4.69, 9.17) is 5.84 Å². The molecule has 7 heteroatoms. The highest BCUT2D eigenvalue weighted by Gasteiger charge is 2.17. The van der Waals surface area contributed by atoms with Gasteiger partial charge in [0, 0.05) is 19.2 Å². The quantitative estimate of drug-likeness (QED) is 0.546. The maximum atomic E-state index is 5.39. The molecule has 0 atom stereocenters. The molecule has 1 saturated heterocycles. The van der Waals surface area contributed by atoms with Gasteiger partial charge in [-0.05, 0) is 12.8 Å². The van der Waals surface area contributed by atoms with Crippen molar-refractivity contribution in [2.24, 2.45) is 5.84 Å². The van der Waals surface area contributed by atoms with Gasteiger partial charge in [0.25, 0.3) is 5.78 Å². The number of aromatic nitrogens is 4. The fraction of sp³-hybridized carbons (Fsp3) is 0.444. The summed E-state index contributed by atoms with van der Waals surface area (Å²) in [4.78, 5) is 10.6. The molecule has 2 aromatic rings. The molecule has 7 nitrogen and oxygen atoms in total. The number of nitrogen functional groups attached to an aromatic ring is 1. The molecular weight excluding hydrogens is 206 g/mol. The summed E-state index contributed by atoms with van der Waals surface area (Å²) in [5, 5.41) is 4.17. The fourth-order valence-electron chi connectivity index (χ4n) is 2.04. The predicted molar refractivity (Wildman–Crippen MR) is 60.0 cm³/mol. The van der Waals surface area contributed by atoms with Crippen LogP contribution in [-0.2, 0) is 0 Å². The van der Waals surface area contributed by atoms with Crippen molar-refractivity contribution in [1.82, 2.24) is 19.6 Å². The second-order valence-corrected chi connectivity index (χ2v) is 3.81. The molecule has 1 aliphatic heterocycles. The Kier molecular flexibility index (Phi) is 2.10. The topological polar surface area (TPSA) is 84.4 Å². The van der Waals surface area contributed by atoms with Crippen LogP contribution in [0.15, 0.2) is 12.4 Å². The van der Waals surface area contributed by atoms with Gasteiger partial charge < -0.3 is 10.3 Å². The third-order valence-electron chi connectivity index (χ3n) is 2.81. The van der Waals surface area contributed by atoms with Gasteiger partial charge in [0.1, 0.15) is 18.0 Å². The van der Waals surface area contributed by atoms with E-state index in [0.717, 1.165) is 18.9 Å². The van der Waals surface area contributed by atoms with Crippen LogP contribution < -0.4 is 16.2 Å². The van der Waals surface area contributed by atoms with Crippen LogP contribution in [0.5, 0.6) is 0 Å². The first-order valence-corrected chi connectivity index (χ1v) is 5.31. The van der Waals surface area contributed by atoms with Gasteiger partial charge in [-0.3, -0.25) is 0 Å². The molecule has 0 unspecified atom stereocenters. The Hall–Kier alpha value is -1.89. The average Bonchev–Trinajstić information content (AvgIpc) is 2.98. The van der Waals surface area contributed by atoms with Crippen LogP contribution in [0.2, 0.25) is 0 Å². The van der Waals surface area contributed by atoms with Crippen molar-refractivity contribution < 1.29 is 0 Å². The van der Waals surface area contributed by atoms with Gasteiger partial charge in [0.2, 0.25) is 0 Å². The van der Waals surface area contributed by atoms with Gasteiger partial charge in [-0.2, -0.15) is 19.6 Å². The average molecular weight is 219 g/mol. The molecule has 3 heterocycles. The van der Waals surface area contributed by atoms with E-state index in [1.165, 1.54) is 19.2 Å². The molecule has 1 aliphatic rings. The van der Waals surface area contributed by atoms with Crippen LogP contribution in [0.1, 0.15) is 12.8 Å². The van der Waals surface area contributed by atoms with Gasteiger partial charge >= 0.3 is 0 Å². The molecule has 0 spiro atoms. The van der Waals surface area contributed by atoms with Gasteiger partial charge in [0.15, 0.2) is 0 Å². The van der Waals surface area contributed by atoms with E-state index in [0.29, 0.717) is 11.6 Å². The van der Waals surface area contributed by atoms with Crippen LogP contribution in [-0.4, -0.2) is 32.7 Å². The minimum atomic E-state index is 0.567. The predicted octanol–water partition coefficient (Wildman–Crippen LogP) is 0.0101. The molecule has 0 aliphatic carbocycles. The second-order valence-electron chi connectivity index (χ2n) is 3.81. The van der Waals surface area contributed by atoms with E-state index < -0.39 is 0 Å². The Morgan fingerprint density at radius 2 is 2.12 bits per heavy atom. The largest absolute Gasteiger partial charge is 0.356 e. The Balaban J connectivity index is 2.15. The SMILES string of the molecule is NNc1cc(N2CCCC2)n2ncnc2n1. The lowest BCUT2D eigenvalue weighted by molar-refractivity contribution is 0.850. The van der Waals surface area contributed by atoms with Gasteiger partial charge in [-0.1, -0.05) is 0 Å². The summed E-state index contributed by atoms with van der Waals surface area (Å²) in [6, 6.07) is 1.90. The first kappa shape index (κ1) is 9.34. The number of nitrogens with one attached hydrogen (secondary N) is 1. The lowest BCUT2D eigenvalue weighted by atomic mass is 10.4. The molecule has 0 radical (unpaired) electrons. The minimum absolute atomic E-state index is 0.567. The summed E-state index contributed by atoms with van der Waals surface area (Å²) >= 11 is 0. The highest BCUT2D eigenvalue weighted by Crippen LogP contribution is 2.22. The van der Waals surface area contributed by atoms with Crippen LogP contribution in [0.3, 0.4) is 0 Å². The summed E-state index contributed by atoms with van der Waals surface area (Å²) in [5.74, 6) is 7.56. The van der Waals surface area contributed by atoms with E-state index >= 15 is 0 Å². The van der Waals surface area contributed by atoms with Gasteiger partial charge in [-0.25, -0.2) is 5.84 Å². The number of rotatable bonds is 2. The Morgan fingerprint density at radius 1 is 1.31 bits per heavy atom. The smallest absolute Gasteiger partial charge is 0.256 e. The normalized spacial score (nSPS) is 15.9. The highest BCUT2D eigenvalue weighted by atomic mass is 15.4. The standard InChI is InChI=1S/C9H13N7/c10-14-7-5-8(15-3-1-2-4-15)16-9(13-7)11-6-12-16/h5-6H,1-4,10H2,(H,11,12,13,14). The molecule has 2 aromatic heterocycles. The molecule has 0 amide bonds. The molecule has 0 saturated carbocycles. The van der Waals surface area contributed by atoms with Crippen molar-refractivity contribution in [3.8, 4) is 0 Å². The molecular formula is C9H13N7. The first-order valence-electron chi connectivity index (χ1n) is 5.31.